The van der Waals surface area contributed by atoms with Gasteiger partial charge >= 0.3 is 6.03 Å². The first-order valence-electron chi connectivity index (χ1n) is 7.83. The van der Waals surface area contributed by atoms with Gasteiger partial charge in [0, 0.05) is 13.1 Å². The number of benzene rings is 1. The van der Waals surface area contributed by atoms with Gasteiger partial charge in [0.05, 0.1) is 10.0 Å². The molecule has 6 nitrogen and oxygen atoms in total. The molecule has 1 unspecified atom stereocenters. The summed E-state index contributed by atoms with van der Waals surface area (Å²) in [6.45, 7) is 8.95. The molecule has 0 aromatic heterocycles. The molecule has 1 heterocycles. The lowest BCUT2D eigenvalue weighted by atomic mass is 9.92. The second kappa shape index (κ2) is 7.93. The number of amides is 4. The van der Waals surface area contributed by atoms with E-state index >= 15 is 0 Å². The number of urea groups is 1. The third kappa shape index (κ3) is 3.76. The first-order chi connectivity index (χ1) is 12.2. The number of rotatable bonds is 7. The molecule has 1 aromatic rings. The molecule has 0 spiro atoms. The van der Waals surface area contributed by atoms with Crippen LogP contribution in [-0.4, -0.2) is 47.3 Å². The van der Waals surface area contributed by atoms with Crippen LogP contribution < -0.4 is 5.32 Å². The Labute approximate surface area is 162 Å². The SMILES string of the molecule is C=CCN(CC=C)C(=O)CN1C(=O)NC(C)(c2ccc(Cl)c(Cl)c2)C1=O. The van der Waals surface area contributed by atoms with Crippen LogP contribution in [0.1, 0.15) is 12.5 Å². The normalized spacial score (nSPS) is 19.3. The van der Waals surface area contributed by atoms with E-state index in [1.165, 1.54) is 11.0 Å². The highest BCUT2D eigenvalue weighted by Crippen LogP contribution is 2.32. The summed E-state index contributed by atoms with van der Waals surface area (Å²) in [6, 6.07) is 4.04. The van der Waals surface area contributed by atoms with Gasteiger partial charge in [-0.15, -0.1) is 13.2 Å². The minimum absolute atomic E-state index is 0.269. The van der Waals surface area contributed by atoms with E-state index in [4.69, 9.17) is 23.2 Å². The minimum atomic E-state index is -1.33. The van der Waals surface area contributed by atoms with Gasteiger partial charge in [-0.05, 0) is 24.6 Å². The van der Waals surface area contributed by atoms with Crippen molar-refractivity contribution in [1.82, 2.24) is 15.1 Å². The van der Waals surface area contributed by atoms with Crippen LogP contribution in [-0.2, 0) is 15.1 Å². The highest BCUT2D eigenvalue weighted by atomic mass is 35.5. The molecule has 1 aliphatic rings. The lowest BCUT2D eigenvalue weighted by Crippen LogP contribution is -2.44. The van der Waals surface area contributed by atoms with Gasteiger partial charge < -0.3 is 10.2 Å². The third-order valence-electron chi connectivity index (χ3n) is 4.12. The third-order valence-corrected chi connectivity index (χ3v) is 4.86. The van der Waals surface area contributed by atoms with Gasteiger partial charge in [0.2, 0.25) is 5.91 Å². The quantitative estimate of drug-likeness (QED) is 0.569. The summed E-state index contributed by atoms with van der Waals surface area (Å²) in [5.74, 6) is -0.918. The van der Waals surface area contributed by atoms with Crippen molar-refractivity contribution in [2.24, 2.45) is 0 Å². The van der Waals surface area contributed by atoms with Crippen LogP contribution in [0.25, 0.3) is 0 Å². The van der Waals surface area contributed by atoms with Crippen molar-refractivity contribution in [2.45, 2.75) is 12.5 Å². The lowest BCUT2D eigenvalue weighted by Gasteiger charge is -2.24. The van der Waals surface area contributed by atoms with Crippen LogP contribution in [0.4, 0.5) is 4.79 Å². The number of carbonyl (C=O) groups is 3. The highest BCUT2D eigenvalue weighted by Gasteiger charge is 2.49. The van der Waals surface area contributed by atoms with E-state index in [0.717, 1.165) is 4.90 Å². The molecule has 1 atom stereocenters. The number of nitrogens with one attached hydrogen (secondary N) is 1. The molecule has 0 saturated carbocycles. The number of halogens is 2. The largest absolute Gasteiger partial charge is 0.334 e. The molecule has 4 amide bonds. The van der Waals surface area contributed by atoms with Crippen LogP contribution in [0.2, 0.25) is 10.0 Å². The van der Waals surface area contributed by atoms with Crippen LogP contribution >= 0.6 is 23.2 Å². The number of nitrogens with zero attached hydrogens (tertiary/aromatic N) is 2. The predicted molar refractivity (Wildman–Crippen MR) is 101 cm³/mol. The Kier molecular flexibility index (Phi) is 6.10. The van der Waals surface area contributed by atoms with E-state index in [-0.39, 0.29) is 17.5 Å². The van der Waals surface area contributed by atoms with E-state index in [1.54, 1.807) is 31.2 Å². The highest BCUT2D eigenvalue weighted by molar-refractivity contribution is 6.42. The summed E-state index contributed by atoms with van der Waals surface area (Å²) >= 11 is 11.9. The van der Waals surface area contributed by atoms with Gasteiger partial charge in [-0.25, -0.2) is 4.79 Å². The number of hydrogen-bond donors (Lipinski definition) is 1. The Hall–Kier alpha value is -2.31. The second-order valence-electron chi connectivity index (χ2n) is 5.95. The van der Waals surface area contributed by atoms with Crippen LogP contribution in [0.3, 0.4) is 0 Å². The Morgan fingerprint density at radius 3 is 2.38 bits per heavy atom. The van der Waals surface area contributed by atoms with Crippen LogP contribution in [0.5, 0.6) is 0 Å². The van der Waals surface area contributed by atoms with Crippen LogP contribution in [0.15, 0.2) is 43.5 Å². The van der Waals surface area contributed by atoms with Gasteiger partial charge in [0.25, 0.3) is 5.91 Å². The maximum atomic E-state index is 12.9. The van der Waals surface area contributed by atoms with Crippen molar-refractivity contribution >= 4 is 41.0 Å². The Morgan fingerprint density at radius 1 is 1.23 bits per heavy atom. The monoisotopic (exact) mass is 395 g/mol. The Balaban J connectivity index is 2.24. The van der Waals surface area contributed by atoms with Gasteiger partial charge in [-0.3, -0.25) is 14.5 Å². The van der Waals surface area contributed by atoms with Crippen molar-refractivity contribution < 1.29 is 14.4 Å². The molecule has 0 radical (unpaired) electrons. The van der Waals surface area contributed by atoms with Gasteiger partial charge in [0.15, 0.2) is 0 Å². The van der Waals surface area contributed by atoms with Crippen LogP contribution in [0, 0.1) is 0 Å². The van der Waals surface area contributed by atoms with Gasteiger partial charge in [-0.2, -0.15) is 0 Å². The zero-order chi connectivity index (χ0) is 19.5. The molecule has 1 N–H and O–H groups in total. The fraction of sp³-hybridized carbons (Fsp3) is 0.278. The molecule has 8 heteroatoms. The molecule has 26 heavy (non-hydrogen) atoms. The van der Waals surface area contributed by atoms with E-state index in [9.17, 15) is 14.4 Å². The predicted octanol–water partition coefficient (Wildman–Crippen LogP) is 2.96. The first kappa shape index (κ1) is 20.0. The van der Waals surface area contributed by atoms with Crippen molar-refractivity contribution in [2.75, 3.05) is 19.6 Å². The van der Waals surface area contributed by atoms with Gasteiger partial charge in [-0.1, -0.05) is 41.4 Å². The van der Waals surface area contributed by atoms with Crippen molar-refractivity contribution in [3.05, 3.63) is 59.1 Å². The lowest BCUT2D eigenvalue weighted by molar-refractivity contribution is -0.138. The van der Waals surface area contributed by atoms with Crippen molar-refractivity contribution in [3.63, 3.8) is 0 Å². The molecule has 1 fully saturated rings. The molecule has 1 aromatic carbocycles. The molecule has 1 aliphatic heterocycles. The molecule has 138 valence electrons. The molecule has 1 saturated heterocycles. The zero-order valence-electron chi connectivity index (χ0n) is 14.3. The van der Waals surface area contributed by atoms with Gasteiger partial charge in [0.1, 0.15) is 12.1 Å². The maximum Gasteiger partial charge on any atom is 0.325 e. The number of carbonyl (C=O) groups excluding carboxylic acids is 3. The molecular formula is C18H19Cl2N3O3. The molecule has 0 aliphatic carbocycles. The minimum Gasteiger partial charge on any atom is -0.334 e. The standard InChI is InChI=1S/C18H19Cl2N3O3/c1-4-8-22(9-5-2)15(24)11-23-16(25)18(3,21-17(23)26)12-6-7-13(19)14(20)10-12/h4-7,10H,1-2,8-9,11H2,3H3,(H,21,26). The summed E-state index contributed by atoms with van der Waals surface area (Å²) in [5.41, 5.74) is -0.845. The van der Waals surface area contributed by atoms with E-state index in [0.29, 0.717) is 23.7 Å². The summed E-state index contributed by atoms with van der Waals surface area (Å²) in [5, 5.41) is 3.23. The summed E-state index contributed by atoms with van der Waals surface area (Å²) in [7, 11) is 0. The van der Waals surface area contributed by atoms with E-state index < -0.39 is 17.5 Å². The molecular weight excluding hydrogens is 377 g/mol. The fourth-order valence-electron chi connectivity index (χ4n) is 2.67. The Bertz CT molecular complexity index is 771. The van der Waals surface area contributed by atoms with Crippen molar-refractivity contribution in [1.29, 1.82) is 0 Å². The average Bonchev–Trinajstić information content (AvgIpc) is 2.81. The number of imide groups is 1. The number of hydrogen-bond acceptors (Lipinski definition) is 3. The zero-order valence-corrected chi connectivity index (χ0v) is 15.8. The van der Waals surface area contributed by atoms with E-state index in [2.05, 4.69) is 18.5 Å². The van der Waals surface area contributed by atoms with Crippen molar-refractivity contribution in [3.8, 4) is 0 Å². The Morgan fingerprint density at radius 2 is 1.85 bits per heavy atom. The molecule has 0 bridgehead atoms. The maximum absolute atomic E-state index is 12.9. The molecule has 2 rings (SSSR count). The first-order valence-corrected chi connectivity index (χ1v) is 8.59. The van der Waals surface area contributed by atoms with E-state index in [1.807, 2.05) is 0 Å². The summed E-state index contributed by atoms with van der Waals surface area (Å²) in [4.78, 5) is 40.0. The summed E-state index contributed by atoms with van der Waals surface area (Å²) in [6.07, 6.45) is 3.13. The fourth-order valence-corrected chi connectivity index (χ4v) is 2.97. The topological polar surface area (TPSA) is 69.7 Å². The summed E-state index contributed by atoms with van der Waals surface area (Å²) < 4.78 is 0. The smallest absolute Gasteiger partial charge is 0.325 e. The average molecular weight is 396 g/mol. The second-order valence-corrected chi connectivity index (χ2v) is 6.77.